The van der Waals surface area contributed by atoms with Crippen LogP contribution in [0.1, 0.15) is 16.7 Å². The van der Waals surface area contributed by atoms with Gasteiger partial charge in [0.05, 0.1) is 21.8 Å². The number of nitrogens with one attached hydrogen (secondary N) is 2. The molecule has 3 heterocycles. The van der Waals surface area contributed by atoms with Gasteiger partial charge in [-0.1, -0.05) is 59.8 Å². The summed E-state index contributed by atoms with van der Waals surface area (Å²) in [6.07, 6.45) is 8.88. The van der Waals surface area contributed by atoms with E-state index in [1.54, 1.807) is 12.4 Å². The predicted octanol–water partition coefficient (Wildman–Crippen LogP) is 7.74. The number of imidazole rings is 1. The zero-order chi connectivity index (χ0) is 28.9. The number of fused-ring (bicyclic) bond motifs is 1. The Balaban J connectivity index is 1.20. The monoisotopic (exact) mass is 587 g/mol. The molecular weight excluding hydrogens is 562 g/mol. The van der Waals surface area contributed by atoms with Crippen LogP contribution in [0.5, 0.6) is 0 Å². The van der Waals surface area contributed by atoms with E-state index in [0.29, 0.717) is 16.3 Å². The molecule has 0 bridgehead atoms. The lowest BCUT2D eigenvalue weighted by Crippen LogP contribution is -2.12. The van der Waals surface area contributed by atoms with Crippen molar-refractivity contribution in [2.24, 2.45) is 7.05 Å². The molecule has 3 aromatic heterocycles. The normalized spacial score (nSPS) is 11.0. The molecule has 7 nitrogen and oxygen atoms in total. The second kappa shape index (κ2) is 12.5. The van der Waals surface area contributed by atoms with Crippen molar-refractivity contribution in [1.29, 1.82) is 5.26 Å². The Kier molecular flexibility index (Phi) is 8.15. The van der Waals surface area contributed by atoms with Crippen molar-refractivity contribution in [3.05, 3.63) is 125 Å². The summed E-state index contributed by atoms with van der Waals surface area (Å²) in [6.45, 7) is 1.57. The SMILES string of the molecule is Cn1ccnc1Sc1ccc(Nc2c(C#N)cnc3cc(-c4ccc(CNCc5ccncc5)cc4)ccc23)cc1Cl. The van der Waals surface area contributed by atoms with Crippen LogP contribution < -0.4 is 10.6 Å². The Morgan fingerprint density at radius 2 is 1.64 bits per heavy atom. The van der Waals surface area contributed by atoms with Crippen LogP contribution in [0.3, 0.4) is 0 Å². The van der Waals surface area contributed by atoms with Gasteiger partial charge in [0.15, 0.2) is 5.16 Å². The Morgan fingerprint density at radius 3 is 2.36 bits per heavy atom. The molecule has 0 aliphatic carbocycles. The second-order valence-corrected chi connectivity index (χ2v) is 11.2. The number of hydrogen-bond acceptors (Lipinski definition) is 7. The molecule has 2 N–H and O–H groups in total. The first-order valence-corrected chi connectivity index (χ1v) is 14.5. The number of rotatable bonds is 9. The van der Waals surface area contributed by atoms with Crippen LogP contribution in [0, 0.1) is 11.3 Å². The molecule has 0 unspecified atom stereocenters. The average Bonchev–Trinajstić information content (AvgIpc) is 3.43. The van der Waals surface area contributed by atoms with Crippen LogP contribution in [-0.4, -0.2) is 19.5 Å². The molecule has 0 amide bonds. The smallest absolute Gasteiger partial charge is 0.172 e. The molecule has 9 heteroatoms. The third kappa shape index (κ3) is 6.14. The van der Waals surface area contributed by atoms with Gasteiger partial charge in [-0.25, -0.2) is 4.98 Å². The summed E-state index contributed by atoms with van der Waals surface area (Å²) in [6, 6.07) is 26.7. The third-order valence-corrected chi connectivity index (χ3v) is 8.44. The highest BCUT2D eigenvalue weighted by atomic mass is 35.5. The Bertz CT molecular complexity index is 1900. The van der Waals surface area contributed by atoms with Gasteiger partial charge < -0.3 is 15.2 Å². The van der Waals surface area contributed by atoms with Crippen molar-refractivity contribution in [3.8, 4) is 17.2 Å². The van der Waals surface area contributed by atoms with Gasteiger partial charge in [0.25, 0.3) is 0 Å². The lowest BCUT2D eigenvalue weighted by molar-refractivity contribution is 0.693. The van der Waals surface area contributed by atoms with Gasteiger partial charge in [-0.2, -0.15) is 5.26 Å². The zero-order valence-corrected chi connectivity index (χ0v) is 24.3. The maximum absolute atomic E-state index is 9.83. The van der Waals surface area contributed by atoms with E-state index in [4.69, 9.17) is 11.6 Å². The summed E-state index contributed by atoms with van der Waals surface area (Å²) in [5.41, 5.74) is 7.31. The lowest BCUT2D eigenvalue weighted by Gasteiger charge is -2.14. The number of aryl methyl sites for hydroxylation is 1. The highest BCUT2D eigenvalue weighted by molar-refractivity contribution is 7.99. The van der Waals surface area contributed by atoms with Gasteiger partial charge in [-0.3, -0.25) is 9.97 Å². The maximum atomic E-state index is 9.83. The minimum absolute atomic E-state index is 0.460. The molecule has 0 spiro atoms. The first kappa shape index (κ1) is 27.5. The van der Waals surface area contributed by atoms with Gasteiger partial charge in [0.1, 0.15) is 6.07 Å². The van der Waals surface area contributed by atoms with Crippen molar-refractivity contribution < 1.29 is 0 Å². The first-order valence-electron chi connectivity index (χ1n) is 13.3. The van der Waals surface area contributed by atoms with Gasteiger partial charge in [-0.15, -0.1) is 0 Å². The number of aromatic nitrogens is 4. The maximum Gasteiger partial charge on any atom is 0.172 e. The zero-order valence-electron chi connectivity index (χ0n) is 22.8. The van der Waals surface area contributed by atoms with Crippen molar-refractivity contribution in [3.63, 3.8) is 0 Å². The van der Waals surface area contributed by atoms with Gasteiger partial charge in [0.2, 0.25) is 0 Å². The lowest BCUT2D eigenvalue weighted by atomic mass is 10.0. The number of nitriles is 1. The topological polar surface area (TPSA) is 91.5 Å². The Morgan fingerprint density at radius 1 is 0.881 bits per heavy atom. The van der Waals surface area contributed by atoms with E-state index in [1.165, 1.54) is 22.9 Å². The summed E-state index contributed by atoms with van der Waals surface area (Å²) < 4.78 is 1.95. The van der Waals surface area contributed by atoms with Crippen LogP contribution in [0.2, 0.25) is 5.02 Å². The molecule has 0 aliphatic heterocycles. The van der Waals surface area contributed by atoms with Crippen molar-refractivity contribution in [1.82, 2.24) is 24.8 Å². The fraction of sp³-hybridized carbons (Fsp3) is 0.0909. The van der Waals surface area contributed by atoms with E-state index in [2.05, 4.69) is 68.1 Å². The number of benzene rings is 3. The van der Waals surface area contributed by atoms with Crippen LogP contribution >= 0.6 is 23.4 Å². The van der Waals surface area contributed by atoms with Gasteiger partial charge in [-0.05, 0) is 58.7 Å². The Labute approximate surface area is 253 Å². The average molecular weight is 588 g/mol. The molecule has 6 rings (SSSR count). The van der Waals surface area contributed by atoms with E-state index in [-0.39, 0.29) is 0 Å². The standard InChI is InChI=1S/C33H26ClN7S/c1-41-15-14-38-33(41)42-31-9-7-27(17-29(31)34)40-32-26(18-35)21-39-30-16-25(6-8-28(30)32)24-4-2-22(3-5-24)19-37-20-23-10-12-36-13-11-23/h2-17,21,37H,19-20H2,1H3,(H,39,40). The van der Waals surface area contributed by atoms with Crippen LogP contribution in [0.4, 0.5) is 11.4 Å². The second-order valence-electron chi connectivity index (χ2n) is 9.74. The van der Waals surface area contributed by atoms with Crippen molar-refractivity contribution in [2.75, 3.05) is 5.32 Å². The predicted molar refractivity (Wildman–Crippen MR) is 169 cm³/mol. The molecule has 0 saturated heterocycles. The van der Waals surface area contributed by atoms with Gasteiger partial charge in [0, 0.05) is 67.1 Å². The molecule has 3 aromatic carbocycles. The molecule has 6 aromatic rings. The Hall–Kier alpha value is -4.68. The van der Waals surface area contributed by atoms with Crippen LogP contribution in [0.25, 0.3) is 22.0 Å². The number of halogens is 1. The van der Waals surface area contributed by atoms with Gasteiger partial charge >= 0.3 is 0 Å². The quantitative estimate of drug-likeness (QED) is 0.179. The van der Waals surface area contributed by atoms with Crippen molar-refractivity contribution >= 4 is 45.6 Å². The number of pyridine rings is 2. The number of anilines is 2. The minimum atomic E-state index is 0.460. The van der Waals surface area contributed by atoms with E-state index in [0.717, 1.165) is 50.9 Å². The molecular formula is C33H26ClN7S. The molecule has 0 atom stereocenters. The molecule has 0 fully saturated rings. The summed E-state index contributed by atoms with van der Waals surface area (Å²) in [5.74, 6) is 0. The summed E-state index contributed by atoms with van der Waals surface area (Å²) in [7, 11) is 1.95. The summed E-state index contributed by atoms with van der Waals surface area (Å²) in [5, 5.41) is 19.0. The summed E-state index contributed by atoms with van der Waals surface area (Å²) >= 11 is 8.13. The minimum Gasteiger partial charge on any atom is -0.354 e. The molecule has 0 radical (unpaired) electrons. The fourth-order valence-corrected chi connectivity index (χ4v) is 5.72. The van der Waals surface area contributed by atoms with Crippen molar-refractivity contribution in [2.45, 2.75) is 23.1 Å². The molecule has 42 heavy (non-hydrogen) atoms. The molecule has 206 valence electrons. The summed E-state index contributed by atoms with van der Waals surface area (Å²) in [4.78, 5) is 13.9. The first-order chi connectivity index (χ1) is 20.6. The fourth-order valence-electron chi connectivity index (χ4n) is 4.61. The number of nitrogens with zero attached hydrogens (tertiary/aromatic N) is 5. The molecule has 0 aliphatic rings. The third-order valence-electron chi connectivity index (χ3n) is 6.86. The van der Waals surface area contributed by atoms with E-state index < -0.39 is 0 Å². The van der Waals surface area contributed by atoms with E-state index >= 15 is 0 Å². The number of hydrogen-bond donors (Lipinski definition) is 2. The van der Waals surface area contributed by atoms with Crippen LogP contribution in [0.15, 0.2) is 114 Å². The van der Waals surface area contributed by atoms with E-state index in [9.17, 15) is 5.26 Å². The highest BCUT2D eigenvalue weighted by Gasteiger charge is 2.13. The van der Waals surface area contributed by atoms with E-state index in [1.807, 2.05) is 66.6 Å². The molecule has 0 saturated carbocycles. The van der Waals surface area contributed by atoms with Crippen LogP contribution in [-0.2, 0) is 20.1 Å². The largest absolute Gasteiger partial charge is 0.354 e. The highest BCUT2D eigenvalue weighted by Crippen LogP contribution is 2.36.